The number of unbranched alkanes of at least 4 members (excludes halogenated alkanes) is 1. The van der Waals surface area contributed by atoms with E-state index in [1.165, 1.54) is 0 Å². The molecule has 2 amide bonds. The first kappa shape index (κ1) is 16.5. The number of carbonyl (C=O) groups excluding carboxylic acids is 1. The molecule has 1 aliphatic rings. The summed E-state index contributed by atoms with van der Waals surface area (Å²) in [6.45, 7) is 1.32. The Morgan fingerprint density at radius 1 is 1.32 bits per heavy atom. The molecule has 6 nitrogen and oxygen atoms in total. The number of hydrogen-bond donors (Lipinski definition) is 1. The third-order valence-electron chi connectivity index (χ3n) is 3.56. The maximum atomic E-state index is 11.5. The molecule has 1 aliphatic heterocycles. The third-order valence-corrected chi connectivity index (χ3v) is 3.56. The first-order chi connectivity index (χ1) is 10.7. The maximum absolute atomic E-state index is 11.5. The van der Waals surface area contributed by atoms with Crippen LogP contribution in [0.2, 0.25) is 0 Å². The first-order valence-corrected chi connectivity index (χ1v) is 7.43. The molecule has 1 saturated heterocycles. The number of imide groups is 1. The number of carbonyl (C=O) groups is 2. The molecule has 1 heterocycles. The van der Waals surface area contributed by atoms with E-state index in [4.69, 9.17) is 14.6 Å². The molecule has 6 heteroatoms. The molecular weight excluding hydrogens is 286 g/mol. The van der Waals surface area contributed by atoms with Crippen molar-refractivity contribution in [1.82, 2.24) is 4.90 Å². The summed E-state index contributed by atoms with van der Waals surface area (Å²) in [5, 5.41) is 9.07. The molecule has 1 atom stereocenters. The zero-order valence-corrected chi connectivity index (χ0v) is 12.4. The van der Waals surface area contributed by atoms with Crippen molar-refractivity contribution < 1.29 is 24.2 Å². The second kappa shape index (κ2) is 8.51. The summed E-state index contributed by atoms with van der Waals surface area (Å²) < 4.78 is 10.7. The topological polar surface area (TPSA) is 76.1 Å². The largest absolute Gasteiger partial charge is 0.465 e. The lowest BCUT2D eigenvalue weighted by atomic mass is 10.1. The highest BCUT2D eigenvalue weighted by atomic mass is 16.5. The Labute approximate surface area is 129 Å². The minimum atomic E-state index is -1.20. The summed E-state index contributed by atoms with van der Waals surface area (Å²) in [5.41, 5.74) is 1.13. The fraction of sp³-hybridized carbons (Fsp3) is 0.500. The molecule has 0 unspecified atom stereocenters. The summed E-state index contributed by atoms with van der Waals surface area (Å²) in [6, 6.07) is 9.54. The Morgan fingerprint density at radius 2 is 2.09 bits per heavy atom. The lowest BCUT2D eigenvalue weighted by Crippen LogP contribution is -2.51. The van der Waals surface area contributed by atoms with Gasteiger partial charge in [0.05, 0.1) is 19.3 Å². The molecule has 0 aliphatic carbocycles. The predicted molar refractivity (Wildman–Crippen MR) is 79.4 cm³/mol. The molecule has 0 aromatic heterocycles. The van der Waals surface area contributed by atoms with Gasteiger partial charge >= 0.3 is 6.09 Å². The van der Waals surface area contributed by atoms with Crippen LogP contribution in [0.15, 0.2) is 30.3 Å². The second-order valence-electron chi connectivity index (χ2n) is 5.25. The van der Waals surface area contributed by atoms with E-state index in [0.717, 1.165) is 23.3 Å². The van der Waals surface area contributed by atoms with Crippen molar-refractivity contribution in [2.45, 2.75) is 31.9 Å². The Morgan fingerprint density at radius 3 is 2.82 bits per heavy atom. The molecule has 1 fully saturated rings. The monoisotopic (exact) mass is 307 g/mol. The molecule has 0 saturated carbocycles. The number of amides is 2. The van der Waals surface area contributed by atoms with Crippen LogP contribution in [-0.2, 0) is 20.9 Å². The van der Waals surface area contributed by atoms with Gasteiger partial charge in [-0.1, -0.05) is 30.3 Å². The Hall–Kier alpha value is -1.92. The van der Waals surface area contributed by atoms with Crippen LogP contribution in [0.1, 0.15) is 24.8 Å². The molecule has 1 aromatic rings. The van der Waals surface area contributed by atoms with Gasteiger partial charge in [0.2, 0.25) is 0 Å². The van der Waals surface area contributed by atoms with Gasteiger partial charge in [-0.2, -0.15) is 0 Å². The molecular formula is C16H21NO5. The molecule has 1 N–H and O–H groups in total. The second-order valence-corrected chi connectivity index (χ2v) is 5.25. The zero-order chi connectivity index (χ0) is 15.8. The Balaban J connectivity index is 1.63. The van der Waals surface area contributed by atoms with E-state index in [0.29, 0.717) is 19.6 Å². The molecule has 22 heavy (non-hydrogen) atoms. The summed E-state index contributed by atoms with van der Waals surface area (Å²) >= 11 is 0. The normalized spacial score (nSPS) is 18.5. The molecule has 0 bridgehead atoms. The highest BCUT2D eigenvalue weighted by Gasteiger charge is 2.33. The molecule has 1 aromatic carbocycles. The number of ether oxygens (including phenoxy) is 2. The van der Waals surface area contributed by atoms with Gasteiger partial charge in [0.25, 0.3) is 5.91 Å². The third kappa shape index (κ3) is 4.82. The fourth-order valence-electron chi connectivity index (χ4n) is 2.45. The van der Waals surface area contributed by atoms with Gasteiger partial charge in [-0.3, -0.25) is 4.79 Å². The average Bonchev–Trinajstić information content (AvgIpc) is 2.51. The van der Waals surface area contributed by atoms with Crippen molar-refractivity contribution in [3.63, 3.8) is 0 Å². The Kier molecular flexibility index (Phi) is 6.36. The standard InChI is InChI=1S/C16H21NO5/c18-15-12-22-11-14(17(15)16(19)20)8-4-5-9-21-10-13-6-2-1-3-7-13/h1-3,6-7,14H,4-5,8-12H2,(H,19,20)/t14-/m0/s1. The van der Waals surface area contributed by atoms with E-state index in [9.17, 15) is 9.59 Å². The minimum absolute atomic E-state index is 0.150. The van der Waals surface area contributed by atoms with E-state index in [2.05, 4.69) is 0 Å². The number of rotatable bonds is 7. The number of hydrogen-bond acceptors (Lipinski definition) is 4. The summed E-state index contributed by atoms with van der Waals surface area (Å²) in [4.78, 5) is 23.5. The highest BCUT2D eigenvalue weighted by Crippen LogP contribution is 2.15. The van der Waals surface area contributed by atoms with Crippen molar-refractivity contribution >= 4 is 12.0 Å². The molecule has 0 spiro atoms. The van der Waals surface area contributed by atoms with Crippen LogP contribution >= 0.6 is 0 Å². The van der Waals surface area contributed by atoms with Crippen LogP contribution < -0.4 is 0 Å². The number of benzene rings is 1. The number of morpholine rings is 1. The van der Waals surface area contributed by atoms with Crippen molar-refractivity contribution in [3.05, 3.63) is 35.9 Å². The summed E-state index contributed by atoms with van der Waals surface area (Å²) in [5.74, 6) is -0.482. The number of nitrogens with zero attached hydrogens (tertiary/aromatic N) is 1. The highest BCUT2D eigenvalue weighted by molar-refractivity contribution is 5.92. The first-order valence-electron chi connectivity index (χ1n) is 7.43. The average molecular weight is 307 g/mol. The lowest BCUT2D eigenvalue weighted by Gasteiger charge is -2.31. The van der Waals surface area contributed by atoms with Gasteiger partial charge in [0.15, 0.2) is 0 Å². The fourth-order valence-corrected chi connectivity index (χ4v) is 2.45. The van der Waals surface area contributed by atoms with Gasteiger partial charge in [0.1, 0.15) is 6.61 Å². The van der Waals surface area contributed by atoms with E-state index in [1.807, 2.05) is 30.3 Å². The number of carboxylic acid groups (broad SMARTS) is 1. The van der Waals surface area contributed by atoms with Gasteiger partial charge in [-0.25, -0.2) is 9.69 Å². The molecule has 2 rings (SSSR count). The van der Waals surface area contributed by atoms with E-state index >= 15 is 0 Å². The van der Waals surface area contributed by atoms with Gasteiger partial charge in [0, 0.05) is 6.61 Å². The van der Waals surface area contributed by atoms with E-state index < -0.39 is 12.0 Å². The van der Waals surface area contributed by atoms with Crippen molar-refractivity contribution in [3.8, 4) is 0 Å². The van der Waals surface area contributed by atoms with Gasteiger partial charge in [-0.05, 0) is 24.8 Å². The quantitative estimate of drug-likeness (QED) is 0.782. The summed E-state index contributed by atoms with van der Waals surface area (Å²) in [6.07, 6.45) is 1.02. The van der Waals surface area contributed by atoms with Crippen molar-refractivity contribution in [2.75, 3.05) is 19.8 Å². The van der Waals surface area contributed by atoms with Gasteiger partial charge < -0.3 is 14.6 Å². The van der Waals surface area contributed by atoms with Crippen LogP contribution in [0.4, 0.5) is 4.79 Å². The van der Waals surface area contributed by atoms with Gasteiger partial charge in [-0.15, -0.1) is 0 Å². The van der Waals surface area contributed by atoms with Crippen molar-refractivity contribution in [1.29, 1.82) is 0 Å². The van der Waals surface area contributed by atoms with E-state index in [1.54, 1.807) is 0 Å². The smallest absolute Gasteiger partial charge is 0.414 e. The van der Waals surface area contributed by atoms with Crippen LogP contribution in [-0.4, -0.2) is 47.9 Å². The Bertz CT molecular complexity index is 491. The zero-order valence-electron chi connectivity index (χ0n) is 12.4. The maximum Gasteiger partial charge on any atom is 0.414 e. The van der Waals surface area contributed by atoms with Crippen LogP contribution in [0.5, 0.6) is 0 Å². The van der Waals surface area contributed by atoms with Crippen LogP contribution in [0.25, 0.3) is 0 Å². The minimum Gasteiger partial charge on any atom is -0.465 e. The lowest BCUT2D eigenvalue weighted by molar-refractivity contribution is -0.144. The van der Waals surface area contributed by atoms with Crippen molar-refractivity contribution in [2.24, 2.45) is 0 Å². The SMILES string of the molecule is O=C(O)N1C(=O)COC[C@@H]1CCCCOCc1ccccc1. The van der Waals surface area contributed by atoms with E-state index in [-0.39, 0.29) is 19.3 Å². The van der Waals surface area contributed by atoms with Crippen LogP contribution in [0, 0.1) is 0 Å². The molecule has 120 valence electrons. The predicted octanol–water partition coefficient (Wildman–Crippen LogP) is 2.28. The van der Waals surface area contributed by atoms with Crippen LogP contribution in [0.3, 0.4) is 0 Å². The summed E-state index contributed by atoms with van der Waals surface area (Å²) in [7, 11) is 0. The molecule has 0 radical (unpaired) electrons.